The van der Waals surface area contributed by atoms with Gasteiger partial charge >= 0.3 is 0 Å². The number of benzene rings is 3. The van der Waals surface area contributed by atoms with Crippen molar-refractivity contribution in [3.8, 4) is 5.75 Å². The van der Waals surface area contributed by atoms with E-state index in [2.05, 4.69) is 52.9 Å². The Morgan fingerprint density at radius 1 is 1.00 bits per heavy atom. The molecule has 0 saturated carbocycles. The standard InChI is InChI=1S/C19H14INO/c20-16-11-13-6-2-3-7-14(13)17(19(16)22)18-15-8-4-1-5-12(15)9-10-21-18/h1-8,11,22H,9-10H2. The second-order valence-electron chi connectivity index (χ2n) is 5.44. The van der Waals surface area contributed by atoms with Gasteiger partial charge in [-0.25, -0.2) is 0 Å². The third-order valence-corrected chi connectivity index (χ3v) is 4.96. The van der Waals surface area contributed by atoms with Crippen molar-refractivity contribution in [3.63, 3.8) is 0 Å². The quantitative estimate of drug-likeness (QED) is 0.599. The van der Waals surface area contributed by atoms with Gasteiger partial charge in [0.05, 0.1) is 14.8 Å². The molecule has 3 heteroatoms. The van der Waals surface area contributed by atoms with Crippen LogP contribution >= 0.6 is 22.6 Å². The van der Waals surface area contributed by atoms with Crippen molar-refractivity contribution in [3.05, 3.63) is 74.9 Å². The molecule has 1 aliphatic heterocycles. The summed E-state index contributed by atoms with van der Waals surface area (Å²) in [6, 6.07) is 18.5. The molecule has 0 atom stereocenters. The zero-order valence-electron chi connectivity index (χ0n) is 11.9. The van der Waals surface area contributed by atoms with Crippen LogP contribution in [0.2, 0.25) is 0 Å². The van der Waals surface area contributed by atoms with Crippen molar-refractivity contribution < 1.29 is 5.11 Å². The fourth-order valence-corrected chi connectivity index (χ4v) is 3.70. The number of aromatic hydroxyl groups is 1. The monoisotopic (exact) mass is 399 g/mol. The minimum absolute atomic E-state index is 0.328. The van der Waals surface area contributed by atoms with E-state index in [1.807, 2.05) is 24.3 Å². The van der Waals surface area contributed by atoms with E-state index in [1.165, 1.54) is 5.56 Å². The van der Waals surface area contributed by atoms with Crippen LogP contribution in [-0.4, -0.2) is 17.4 Å². The fourth-order valence-electron chi connectivity index (χ4n) is 3.10. The first-order valence-corrected chi connectivity index (χ1v) is 8.37. The summed E-state index contributed by atoms with van der Waals surface area (Å²) in [5.74, 6) is 0.328. The average Bonchev–Trinajstić information content (AvgIpc) is 2.56. The molecule has 108 valence electrons. The molecule has 2 nitrogen and oxygen atoms in total. The Labute approximate surface area is 142 Å². The van der Waals surface area contributed by atoms with Crippen LogP contribution in [0.5, 0.6) is 5.75 Å². The van der Waals surface area contributed by atoms with Gasteiger partial charge in [0.15, 0.2) is 0 Å². The number of hydrogen-bond donors (Lipinski definition) is 1. The third-order valence-electron chi connectivity index (χ3n) is 4.14. The molecule has 0 aliphatic carbocycles. The lowest BCUT2D eigenvalue weighted by Gasteiger charge is -2.19. The number of hydrogen-bond acceptors (Lipinski definition) is 2. The van der Waals surface area contributed by atoms with Crippen LogP contribution in [0.1, 0.15) is 16.7 Å². The minimum Gasteiger partial charge on any atom is -0.506 e. The van der Waals surface area contributed by atoms with Gasteiger partial charge in [-0.3, -0.25) is 4.99 Å². The van der Waals surface area contributed by atoms with Gasteiger partial charge < -0.3 is 5.11 Å². The number of nitrogens with zero attached hydrogens (tertiary/aromatic N) is 1. The molecular weight excluding hydrogens is 385 g/mol. The van der Waals surface area contributed by atoms with Gasteiger partial charge in [0.1, 0.15) is 5.75 Å². The number of fused-ring (bicyclic) bond motifs is 2. The maximum Gasteiger partial charge on any atom is 0.138 e. The van der Waals surface area contributed by atoms with Gasteiger partial charge in [-0.15, -0.1) is 0 Å². The van der Waals surface area contributed by atoms with Crippen LogP contribution in [0.25, 0.3) is 10.8 Å². The second kappa shape index (κ2) is 5.39. The van der Waals surface area contributed by atoms with E-state index in [0.29, 0.717) is 5.75 Å². The Bertz CT molecular complexity index is 914. The highest BCUT2D eigenvalue weighted by Crippen LogP contribution is 2.35. The van der Waals surface area contributed by atoms with E-state index >= 15 is 0 Å². The molecule has 0 amide bonds. The largest absolute Gasteiger partial charge is 0.506 e. The molecule has 3 aromatic rings. The molecule has 1 N–H and O–H groups in total. The van der Waals surface area contributed by atoms with Crippen LogP contribution in [0.15, 0.2) is 59.6 Å². The van der Waals surface area contributed by atoms with Crippen LogP contribution in [0.3, 0.4) is 0 Å². The molecule has 0 aromatic heterocycles. The molecule has 0 spiro atoms. The van der Waals surface area contributed by atoms with Gasteiger partial charge in [0, 0.05) is 12.1 Å². The summed E-state index contributed by atoms with van der Waals surface area (Å²) in [6.07, 6.45) is 0.961. The first kappa shape index (κ1) is 13.8. The predicted octanol–water partition coefficient (Wildman–Crippen LogP) is 4.54. The summed E-state index contributed by atoms with van der Waals surface area (Å²) in [5.41, 5.74) is 4.20. The molecule has 1 heterocycles. The lowest BCUT2D eigenvalue weighted by atomic mass is 9.90. The van der Waals surface area contributed by atoms with Gasteiger partial charge in [-0.1, -0.05) is 48.5 Å². The third kappa shape index (κ3) is 2.11. The van der Waals surface area contributed by atoms with Gasteiger partial charge in [-0.05, 0) is 51.4 Å². The Kier molecular flexibility index (Phi) is 3.37. The Morgan fingerprint density at radius 3 is 2.68 bits per heavy atom. The van der Waals surface area contributed by atoms with E-state index < -0.39 is 0 Å². The van der Waals surface area contributed by atoms with Crippen LogP contribution < -0.4 is 0 Å². The summed E-state index contributed by atoms with van der Waals surface area (Å²) in [7, 11) is 0. The van der Waals surface area contributed by atoms with Crippen molar-refractivity contribution in [2.24, 2.45) is 4.99 Å². The van der Waals surface area contributed by atoms with Gasteiger partial charge in [-0.2, -0.15) is 0 Å². The van der Waals surface area contributed by atoms with Crippen LogP contribution in [-0.2, 0) is 6.42 Å². The first-order chi connectivity index (χ1) is 10.8. The number of phenolic OH excluding ortho intramolecular Hbond substituents is 1. The number of halogens is 1. The Balaban J connectivity index is 2.07. The summed E-state index contributed by atoms with van der Waals surface area (Å²) in [6.45, 7) is 0.769. The second-order valence-corrected chi connectivity index (χ2v) is 6.60. The van der Waals surface area contributed by atoms with E-state index in [9.17, 15) is 5.11 Å². The Hall–Kier alpha value is -1.88. The van der Waals surface area contributed by atoms with E-state index in [4.69, 9.17) is 4.99 Å². The molecular formula is C19H14INO. The zero-order valence-corrected chi connectivity index (χ0v) is 14.0. The fraction of sp³-hybridized carbons (Fsp3) is 0.105. The molecule has 0 saturated heterocycles. The zero-order chi connectivity index (χ0) is 15.1. The van der Waals surface area contributed by atoms with E-state index in [0.717, 1.165) is 44.1 Å². The first-order valence-electron chi connectivity index (χ1n) is 7.29. The van der Waals surface area contributed by atoms with Crippen LogP contribution in [0.4, 0.5) is 0 Å². The molecule has 0 fully saturated rings. The normalized spacial score (nSPS) is 13.8. The average molecular weight is 399 g/mol. The van der Waals surface area contributed by atoms with Crippen molar-refractivity contribution in [2.45, 2.75) is 6.42 Å². The van der Waals surface area contributed by atoms with Crippen molar-refractivity contribution in [1.29, 1.82) is 0 Å². The Morgan fingerprint density at radius 2 is 1.77 bits per heavy atom. The molecule has 22 heavy (non-hydrogen) atoms. The summed E-state index contributed by atoms with van der Waals surface area (Å²) in [5, 5.41) is 12.9. The molecule has 4 rings (SSSR count). The van der Waals surface area contributed by atoms with Gasteiger partial charge in [0.25, 0.3) is 0 Å². The summed E-state index contributed by atoms with van der Waals surface area (Å²) < 4.78 is 0.858. The number of phenols is 1. The lowest BCUT2D eigenvalue weighted by Crippen LogP contribution is -2.14. The van der Waals surface area contributed by atoms with E-state index in [-0.39, 0.29) is 0 Å². The minimum atomic E-state index is 0.328. The molecule has 0 radical (unpaired) electrons. The summed E-state index contributed by atoms with van der Waals surface area (Å²) in [4.78, 5) is 4.75. The number of rotatable bonds is 1. The SMILES string of the molecule is Oc1c(I)cc2ccccc2c1C1=NCCc2ccccc21. The topological polar surface area (TPSA) is 32.6 Å². The lowest BCUT2D eigenvalue weighted by molar-refractivity contribution is 0.471. The maximum atomic E-state index is 10.7. The van der Waals surface area contributed by atoms with E-state index in [1.54, 1.807) is 0 Å². The van der Waals surface area contributed by atoms with Gasteiger partial charge in [0.2, 0.25) is 0 Å². The summed E-state index contributed by atoms with van der Waals surface area (Å²) >= 11 is 2.19. The molecule has 3 aromatic carbocycles. The smallest absolute Gasteiger partial charge is 0.138 e. The molecule has 0 bridgehead atoms. The maximum absolute atomic E-state index is 10.7. The molecule has 1 aliphatic rings. The predicted molar refractivity (Wildman–Crippen MR) is 99.0 cm³/mol. The highest BCUT2D eigenvalue weighted by Gasteiger charge is 2.21. The van der Waals surface area contributed by atoms with Crippen molar-refractivity contribution >= 4 is 39.1 Å². The highest BCUT2D eigenvalue weighted by atomic mass is 127. The molecule has 0 unspecified atom stereocenters. The highest BCUT2D eigenvalue weighted by molar-refractivity contribution is 14.1. The van der Waals surface area contributed by atoms with Crippen molar-refractivity contribution in [2.75, 3.05) is 6.54 Å². The number of aliphatic imine (C=N–C) groups is 1. The van der Waals surface area contributed by atoms with Crippen molar-refractivity contribution in [1.82, 2.24) is 0 Å². The van der Waals surface area contributed by atoms with Crippen LogP contribution in [0, 0.1) is 3.57 Å².